The molecule has 0 atom stereocenters. The molecule has 0 amide bonds. The zero-order valence-corrected chi connectivity index (χ0v) is 14.4. The molecule has 0 aliphatic rings. The van der Waals surface area contributed by atoms with E-state index in [1.54, 1.807) is 5.53 Å². The third kappa shape index (κ3) is 5.00. The number of nitrogens with one attached hydrogen (secondary N) is 1. The Bertz CT molecular complexity index is 768. The molecule has 0 saturated carbocycles. The summed E-state index contributed by atoms with van der Waals surface area (Å²) in [4.78, 5) is 0. The fourth-order valence-electron chi connectivity index (χ4n) is 2.19. The van der Waals surface area contributed by atoms with Crippen LogP contribution in [0.5, 0.6) is 0 Å². The van der Waals surface area contributed by atoms with E-state index in [0.29, 0.717) is 0 Å². The van der Waals surface area contributed by atoms with Gasteiger partial charge in [-0.05, 0) is 36.4 Å². The first-order valence-corrected chi connectivity index (χ1v) is 7.39. The SMILES string of the molecule is NN([O-])c1ccc(N(N)[O-])c(N([O-])NN([O-])c2cc(N(N)[O-])ccc2N(N)[O-])c1. The normalized spacial score (nSPS) is 10.6. The maximum Gasteiger partial charge on any atom is 0.0682 e. The van der Waals surface area contributed by atoms with E-state index >= 15 is 0 Å². The van der Waals surface area contributed by atoms with Crippen LogP contribution in [0.15, 0.2) is 36.4 Å². The van der Waals surface area contributed by atoms with Gasteiger partial charge in [0.15, 0.2) is 0 Å². The molecule has 0 heterocycles. The maximum atomic E-state index is 12.4. The van der Waals surface area contributed by atoms with Crippen LogP contribution in [-0.2, 0) is 0 Å². The fourth-order valence-corrected chi connectivity index (χ4v) is 2.19. The molecule has 0 aliphatic heterocycles. The van der Waals surface area contributed by atoms with Crippen molar-refractivity contribution in [3.8, 4) is 0 Å². The average Bonchev–Trinajstić information content (AvgIpc) is 2.66. The first-order chi connectivity index (χ1) is 13.5. The molecule has 0 unspecified atom stereocenters. The van der Waals surface area contributed by atoms with Crippen LogP contribution in [0.25, 0.3) is 0 Å². The second-order valence-electron chi connectivity index (χ2n) is 5.34. The Labute approximate surface area is 162 Å². The summed E-state index contributed by atoms with van der Waals surface area (Å²) < 4.78 is 0. The highest BCUT2D eigenvalue weighted by Gasteiger charge is 2.11. The molecule has 2 aromatic carbocycles. The van der Waals surface area contributed by atoms with Gasteiger partial charge in [0.1, 0.15) is 0 Å². The van der Waals surface area contributed by atoms with Gasteiger partial charge in [0.2, 0.25) is 0 Å². The van der Waals surface area contributed by atoms with Crippen molar-refractivity contribution < 1.29 is 0 Å². The summed E-state index contributed by atoms with van der Waals surface area (Å²) >= 11 is 0. The summed E-state index contributed by atoms with van der Waals surface area (Å²) in [6.45, 7) is 0. The Kier molecular flexibility index (Phi) is 6.76. The van der Waals surface area contributed by atoms with Crippen molar-refractivity contribution >= 4 is 34.1 Å². The van der Waals surface area contributed by atoms with Gasteiger partial charge in [0.05, 0.1) is 22.7 Å². The number of benzene rings is 2. The molecule has 17 nitrogen and oxygen atoms in total. The predicted molar refractivity (Wildman–Crippen MR) is 108 cm³/mol. The lowest BCUT2D eigenvalue weighted by Crippen LogP contribution is -2.45. The van der Waals surface area contributed by atoms with Crippen LogP contribution in [0, 0.1) is 31.2 Å². The Hall–Kier alpha value is -3.20. The summed E-state index contributed by atoms with van der Waals surface area (Å²) in [5.74, 6) is 20.3. The molecule has 0 saturated heterocycles. The van der Waals surface area contributed by atoms with Crippen LogP contribution in [0.3, 0.4) is 0 Å². The van der Waals surface area contributed by atoms with E-state index in [0.717, 1.165) is 36.4 Å². The molecule has 2 rings (SSSR count). The van der Waals surface area contributed by atoms with Gasteiger partial charge >= 0.3 is 0 Å². The molecule has 0 aliphatic carbocycles. The molecule has 0 aromatic heterocycles. The van der Waals surface area contributed by atoms with Gasteiger partial charge in [0, 0.05) is 11.4 Å². The molecular weight excluding hydrogens is 394 g/mol. The standard InChI is InChI=1S/C12H15N11O6/c13-18(24)7-1-3-9(20(15)26)11(5-7)22(28)17-23(29)12-6-8(19(14)25)2-4-10(12)21(16)27/h1-6,17H,13-16H2/q-6. The average molecular weight is 409 g/mol. The van der Waals surface area contributed by atoms with Gasteiger partial charge in [0.25, 0.3) is 0 Å². The van der Waals surface area contributed by atoms with Gasteiger partial charge in [-0.2, -0.15) is 5.53 Å². The van der Waals surface area contributed by atoms with E-state index in [2.05, 4.69) is 0 Å². The van der Waals surface area contributed by atoms with Crippen molar-refractivity contribution in [3.05, 3.63) is 67.6 Å². The number of anilines is 6. The third-order valence-corrected chi connectivity index (χ3v) is 3.52. The molecule has 0 radical (unpaired) electrons. The highest BCUT2D eigenvalue weighted by Crippen LogP contribution is 2.33. The Morgan fingerprint density at radius 3 is 1.14 bits per heavy atom. The first-order valence-electron chi connectivity index (χ1n) is 7.39. The lowest BCUT2D eigenvalue weighted by Gasteiger charge is -2.45. The number of hydrogen-bond acceptors (Lipinski definition) is 17. The van der Waals surface area contributed by atoms with Gasteiger partial charge in [-0.15, -0.1) is 0 Å². The minimum absolute atomic E-state index is 0.100. The van der Waals surface area contributed by atoms with E-state index in [9.17, 15) is 31.2 Å². The van der Waals surface area contributed by atoms with Gasteiger partial charge in [-0.25, -0.2) is 0 Å². The van der Waals surface area contributed by atoms with Crippen LogP contribution < -0.4 is 59.9 Å². The van der Waals surface area contributed by atoms with E-state index in [1.807, 2.05) is 0 Å². The summed E-state index contributed by atoms with van der Waals surface area (Å²) in [7, 11) is 0. The van der Waals surface area contributed by atoms with Crippen LogP contribution in [-0.4, -0.2) is 0 Å². The van der Waals surface area contributed by atoms with Crippen molar-refractivity contribution in [2.75, 3.05) is 31.0 Å². The number of nitrogens with two attached hydrogens (primary N) is 4. The van der Waals surface area contributed by atoms with E-state index in [4.69, 9.17) is 23.4 Å². The Morgan fingerprint density at radius 2 is 0.862 bits per heavy atom. The lowest BCUT2D eigenvalue weighted by atomic mass is 10.2. The third-order valence-electron chi connectivity index (χ3n) is 3.52. The zero-order valence-electron chi connectivity index (χ0n) is 14.4. The van der Waals surface area contributed by atoms with Crippen LogP contribution in [0.2, 0.25) is 0 Å². The summed E-state index contributed by atoms with van der Waals surface area (Å²) in [5, 5.41) is 69.1. The van der Waals surface area contributed by atoms with Gasteiger partial charge in [-0.3, -0.25) is 23.4 Å². The van der Waals surface area contributed by atoms with Crippen molar-refractivity contribution in [1.29, 1.82) is 0 Å². The number of nitrogens with zero attached hydrogens (tertiary/aromatic N) is 6. The van der Waals surface area contributed by atoms with E-state index in [1.165, 1.54) is 0 Å². The molecule has 2 aromatic rings. The second kappa shape index (κ2) is 8.87. The number of rotatable bonds is 8. The van der Waals surface area contributed by atoms with Crippen LogP contribution in [0.4, 0.5) is 34.1 Å². The number of hydrazine groups is 6. The Balaban J connectivity index is 2.39. The molecule has 29 heavy (non-hydrogen) atoms. The smallest absolute Gasteiger partial charge is 0.0682 e. The van der Waals surface area contributed by atoms with E-state index in [-0.39, 0.29) is 42.4 Å². The minimum atomic E-state index is -0.569. The summed E-state index contributed by atoms with van der Waals surface area (Å²) in [6.07, 6.45) is 0. The van der Waals surface area contributed by atoms with E-state index < -0.39 is 22.7 Å². The second-order valence-corrected chi connectivity index (χ2v) is 5.34. The van der Waals surface area contributed by atoms with Gasteiger partial charge in [-0.1, -0.05) is 0 Å². The molecule has 0 fully saturated rings. The van der Waals surface area contributed by atoms with Crippen molar-refractivity contribution in [2.45, 2.75) is 0 Å². The highest BCUT2D eigenvalue weighted by atomic mass is 16.6. The fraction of sp³-hybridized carbons (Fsp3) is 0. The quantitative estimate of drug-likeness (QED) is 0.261. The Morgan fingerprint density at radius 1 is 0.517 bits per heavy atom. The zero-order chi connectivity index (χ0) is 21.9. The minimum Gasteiger partial charge on any atom is -0.743 e. The molecule has 160 valence electrons. The first kappa shape index (κ1) is 22.1. The monoisotopic (exact) mass is 409 g/mol. The maximum absolute atomic E-state index is 12.4. The van der Waals surface area contributed by atoms with Crippen molar-refractivity contribution in [2.24, 2.45) is 23.4 Å². The number of hydrogen-bond donors (Lipinski definition) is 5. The molecule has 0 bridgehead atoms. The lowest BCUT2D eigenvalue weighted by molar-refractivity contribution is 0.712. The highest BCUT2D eigenvalue weighted by molar-refractivity contribution is 5.78. The van der Waals surface area contributed by atoms with Crippen molar-refractivity contribution in [3.63, 3.8) is 0 Å². The van der Waals surface area contributed by atoms with Crippen LogP contribution in [0.1, 0.15) is 0 Å². The summed E-state index contributed by atoms with van der Waals surface area (Å²) in [5.41, 5.74) is -0.766. The predicted octanol–water partition coefficient (Wildman–Crippen LogP) is -0.874. The summed E-state index contributed by atoms with van der Waals surface area (Å²) in [6, 6.07) is 5.95. The topological polar surface area (TPSA) is 274 Å². The van der Waals surface area contributed by atoms with Crippen LogP contribution >= 0.6 is 0 Å². The largest absolute Gasteiger partial charge is 0.743 e. The molecule has 0 spiro atoms. The van der Waals surface area contributed by atoms with Gasteiger partial charge < -0.3 is 62.3 Å². The molecule has 17 heteroatoms. The van der Waals surface area contributed by atoms with Crippen molar-refractivity contribution in [1.82, 2.24) is 5.53 Å². The molecular formula is C12H15N11O6-6. The molecule has 9 N–H and O–H groups in total.